The SMILES string of the molecule is Cn1cnc(S(=O)(=O)N2CCCN(C(=O)CSCc3ccccc3)CC2)c1. The predicted molar refractivity (Wildman–Crippen MR) is 106 cm³/mol. The summed E-state index contributed by atoms with van der Waals surface area (Å²) in [7, 11) is -1.87. The lowest BCUT2D eigenvalue weighted by Gasteiger charge is -2.21. The molecule has 3 rings (SSSR count). The number of benzene rings is 1. The molecule has 1 aliphatic rings. The molecule has 1 aromatic carbocycles. The average molecular weight is 409 g/mol. The second-order valence-corrected chi connectivity index (χ2v) is 9.36. The Balaban J connectivity index is 1.52. The van der Waals surface area contributed by atoms with Crippen LogP contribution in [0, 0.1) is 0 Å². The number of amides is 1. The largest absolute Gasteiger partial charge is 0.341 e. The number of thioether (sulfide) groups is 1. The zero-order valence-electron chi connectivity index (χ0n) is 15.3. The summed E-state index contributed by atoms with van der Waals surface area (Å²) in [6, 6.07) is 10.0. The summed E-state index contributed by atoms with van der Waals surface area (Å²) < 4.78 is 28.4. The summed E-state index contributed by atoms with van der Waals surface area (Å²) in [6.07, 6.45) is 3.61. The van der Waals surface area contributed by atoms with E-state index in [1.807, 2.05) is 30.3 Å². The highest BCUT2D eigenvalue weighted by Crippen LogP contribution is 2.17. The fourth-order valence-electron chi connectivity index (χ4n) is 2.96. The van der Waals surface area contributed by atoms with Gasteiger partial charge in [0.05, 0.1) is 12.1 Å². The van der Waals surface area contributed by atoms with Crippen molar-refractivity contribution < 1.29 is 13.2 Å². The van der Waals surface area contributed by atoms with Gasteiger partial charge >= 0.3 is 0 Å². The summed E-state index contributed by atoms with van der Waals surface area (Å²) in [5.74, 6) is 1.26. The Labute approximate surface area is 164 Å². The summed E-state index contributed by atoms with van der Waals surface area (Å²) in [6.45, 7) is 1.70. The maximum absolute atomic E-state index is 12.7. The minimum atomic E-state index is -3.61. The van der Waals surface area contributed by atoms with Crippen molar-refractivity contribution >= 4 is 27.7 Å². The molecule has 1 aromatic heterocycles. The number of carbonyl (C=O) groups excluding carboxylic acids is 1. The van der Waals surface area contributed by atoms with Crippen LogP contribution < -0.4 is 0 Å². The van der Waals surface area contributed by atoms with Gasteiger partial charge < -0.3 is 9.47 Å². The van der Waals surface area contributed by atoms with Crippen LogP contribution in [0.15, 0.2) is 47.9 Å². The second-order valence-electron chi connectivity index (χ2n) is 6.49. The van der Waals surface area contributed by atoms with Crippen LogP contribution in [0.1, 0.15) is 12.0 Å². The predicted octanol–water partition coefficient (Wildman–Crippen LogP) is 1.58. The van der Waals surface area contributed by atoms with Crippen molar-refractivity contribution in [2.75, 3.05) is 31.9 Å². The number of aromatic nitrogens is 2. The van der Waals surface area contributed by atoms with Crippen molar-refractivity contribution in [2.24, 2.45) is 7.05 Å². The van der Waals surface area contributed by atoms with Crippen molar-refractivity contribution in [2.45, 2.75) is 17.2 Å². The molecule has 0 radical (unpaired) electrons. The summed E-state index contributed by atoms with van der Waals surface area (Å²) >= 11 is 1.59. The zero-order chi connectivity index (χ0) is 19.3. The van der Waals surface area contributed by atoms with E-state index in [9.17, 15) is 13.2 Å². The van der Waals surface area contributed by atoms with Gasteiger partial charge in [0.15, 0.2) is 5.03 Å². The number of imidazole rings is 1. The average Bonchev–Trinajstić information content (AvgIpc) is 2.95. The Morgan fingerprint density at radius 2 is 1.93 bits per heavy atom. The molecule has 0 bridgehead atoms. The van der Waals surface area contributed by atoms with Gasteiger partial charge in [0.2, 0.25) is 5.91 Å². The molecule has 1 fully saturated rings. The van der Waals surface area contributed by atoms with Crippen molar-refractivity contribution in [1.82, 2.24) is 18.8 Å². The van der Waals surface area contributed by atoms with Gasteiger partial charge in [0.1, 0.15) is 0 Å². The Morgan fingerprint density at radius 1 is 1.15 bits per heavy atom. The van der Waals surface area contributed by atoms with Gasteiger partial charge in [-0.2, -0.15) is 4.31 Å². The summed E-state index contributed by atoms with van der Waals surface area (Å²) in [4.78, 5) is 18.2. The number of nitrogens with zero attached hydrogens (tertiary/aromatic N) is 4. The highest BCUT2D eigenvalue weighted by molar-refractivity contribution is 7.99. The molecular formula is C18H24N4O3S2. The minimum Gasteiger partial charge on any atom is -0.341 e. The first-order chi connectivity index (χ1) is 13.0. The minimum absolute atomic E-state index is 0.0585. The normalized spacial score (nSPS) is 16.3. The first-order valence-electron chi connectivity index (χ1n) is 8.84. The van der Waals surface area contributed by atoms with Crippen LogP contribution in [0.5, 0.6) is 0 Å². The Kier molecular flexibility index (Phi) is 6.56. The molecule has 0 spiro atoms. The lowest BCUT2D eigenvalue weighted by Crippen LogP contribution is -2.38. The molecule has 0 atom stereocenters. The van der Waals surface area contributed by atoms with E-state index in [-0.39, 0.29) is 10.9 Å². The molecule has 9 heteroatoms. The summed E-state index contributed by atoms with van der Waals surface area (Å²) in [5, 5.41) is 0.0585. The Hall–Kier alpha value is -1.84. The summed E-state index contributed by atoms with van der Waals surface area (Å²) in [5.41, 5.74) is 1.19. The topological polar surface area (TPSA) is 75.5 Å². The molecule has 1 aliphatic heterocycles. The Morgan fingerprint density at radius 3 is 2.63 bits per heavy atom. The third kappa shape index (κ3) is 5.12. The third-order valence-electron chi connectivity index (χ3n) is 4.43. The number of hydrogen-bond donors (Lipinski definition) is 0. The van der Waals surface area contributed by atoms with Gasteiger partial charge in [-0.3, -0.25) is 4.79 Å². The van der Waals surface area contributed by atoms with Crippen LogP contribution in [0.25, 0.3) is 0 Å². The quantitative estimate of drug-likeness (QED) is 0.725. The fraction of sp³-hybridized carbons (Fsp3) is 0.444. The standard InChI is InChI=1S/C18H24N4O3S2/c1-20-12-17(19-15-20)27(24,25)22-9-5-8-21(10-11-22)18(23)14-26-13-16-6-3-2-4-7-16/h2-4,6-7,12,15H,5,8-11,13-14H2,1H3. The highest BCUT2D eigenvalue weighted by atomic mass is 32.2. The molecule has 0 N–H and O–H groups in total. The molecule has 1 saturated heterocycles. The van der Waals surface area contributed by atoms with E-state index >= 15 is 0 Å². The van der Waals surface area contributed by atoms with Crippen LogP contribution in [0.2, 0.25) is 0 Å². The smallest absolute Gasteiger partial charge is 0.262 e. The zero-order valence-corrected chi connectivity index (χ0v) is 17.0. The Bertz CT molecular complexity index is 868. The van der Waals surface area contributed by atoms with Crippen LogP contribution in [-0.4, -0.2) is 65.0 Å². The number of rotatable bonds is 6. The lowest BCUT2D eigenvalue weighted by molar-refractivity contribution is -0.128. The van der Waals surface area contributed by atoms with Gasteiger partial charge in [-0.15, -0.1) is 11.8 Å². The van der Waals surface area contributed by atoms with Crippen LogP contribution in [0.4, 0.5) is 0 Å². The second kappa shape index (κ2) is 8.90. The van der Waals surface area contributed by atoms with E-state index in [0.29, 0.717) is 38.4 Å². The van der Waals surface area contributed by atoms with E-state index in [1.165, 1.54) is 22.4 Å². The van der Waals surface area contributed by atoms with Gasteiger partial charge in [-0.05, 0) is 12.0 Å². The number of carbonyl (C=O) groups is 1. The highest BCUT2D eigenvalue weighted by Gasteiger charge is 2.29. The van der Waals surface area contributed by atoms with E-state index < -0.39 is 10.0 Å². The van der Waals surface area contributed by atoms with Crippen molar-refractivity contribution in [3.05, 3.63) is 48.4 Å². The van der Waals surface area contributed by atoms with E-state index in [2.05, 4.69) is 4.98 Å². The molecule has 1 amide bonds. The number of sulfonamides is 1. The maximum Gasteiger partial charge on any atom is 0.262 e. The maximum atomic E-state index is 12.7. The van der Waals surface area contributed by atoms with Crippen molar-refractivity contribution in [3.63, 3.8) is 0 Å². The van der Waals surface area contributed by atoms with Crippen LogP contribution in [-0.2, 0) is 27.6 Å². The third-order valence-corrected chi connectivity index (χ3v) is 7.20. The van der Waals surface area contributed by atoms with E-state index in [0.717, 1.165) is 5.75 Å². The van der Waals surface area contributed by atoms with Crippen LogP contribution >= 0.6 is 11.8 Å². The fourth-order valence-corrected chi connectivity index (χ4v) is 5.28. The van der Waals surface area contributed by atoms with Gasteiger partial charge in [-0.25, -0.2) is 13.4 Å². The lowest BCUT2D eigenvalue weighted by atomic mass is 10.2. The molecule has 27 heavy (non-hydrogen) atoms. The molecule has 0 saturated carbocycles. The first kappa shape index (κ1) is 19.9. The molecular weight excluding hydrogens is 384 g/mol. The molecule has 0 aliphatic carbocycles. The van der Waals surface area contributed by atoms with Crippen molar-refractivity contribution in [3.8, 4) is 0 Å². The van der Waals surface area contributed by atoms with Gasteiger partial charge in [0, 0.05) is 45.2 Å². The van der Waals surface area contributed by atoms with Gasteiger partial charge in [-0.1, -0.05) is 30.3 Å². The van der Waals surface area contributed by atoms with Crippen molar-refractivity contribution in [1.29, 1.82) is 0 Å². The molecule has 0 unspecified atom stereocenters. The number of hydrogen-bond acceptors (Lipinski definition) is 5. The first-order valence-corrected chi connectivity index (χ1v) is 11.4. The van der Waals surface area contributed by atoms with Crippen LogP contribution in [0.3, 0.4) is 0 Å². The number of aryl methyl sites for hydroxylation is 1. The molecule has 2 heterocycles. The van der Waals surface area contributed by atoms with Gasteiger partial charge in [0.25, 0.3) is 10.0 Å². The monoisotopic (exact) mass is 408 g/mol. The molecule has 7 nitrogen and oxygen atoms in total. The molecule has 146 valence electrons. The van der Waals surface area contributed by atoms with E-state index in [1.54, 1.807) is 28.3 Å². The molecule has 2 aromatic rings. The van der Waals surface area contributed by atoms with E-state index in [4.69, 9.17) is 0 Å².